The van der Waals surface area contributed by atoms with E-state index in [0.29, 0.717) is 17.0 Å². The normalized spacial score (nSPS) is 25.3. The van der Waals surface area contributed by atoms with Crippen molar-refractivity contribution >= 4 is 29.4 Å². The Bertz CT molecular complexity index is 693. The van der Waals surface area contributed by atoms with Gasteiger partial charge in [0.25, 0.3) is 11.8 Å². The molecule has 7 heteroatoms. The van der Waals surface area contributed by atoms with E-state index in [-0.39, 0.29) is 17.9 Å². The molecular weight excluding hydrogens is 344 g/mol. The molecule has 1 heterocycles. The Kier molecular flexibility index (Phi) is 5.27. The number of primary amides is 1. The summed E-state index contributed by atoms with van der Waals surface area (Å²) in [7, 11) is 0. The molecule has 2 N–H and O–H groups in total. The van der Waals surface area contributed by atoms with Crippen LogP contribution in [0, 0.1) is 5.92 Å². The van der Waals surface area contributed by atoms with Crippen LogP contribution in [0.15, 0.2) is 24.3 Å². The lowest BCUT2D eigenvalue weighted by Gasteiger charge is -2.33. The highest BCUT2D eigenvalue weighted by Gasteiger charge is 2.48. The zero-order chi connectivity index (χ0) is 18.0. The quantitative estimate of drug-likeness (QED) is 0.829. The second kappa shape index (κ2) is 7.44. The van der Waals surface area contributed by atoms with Gasteiger partial charge in [-0.05, 0) is 43.4 Å². The number of halogens is 1. The lowest BCUT2D eigenvalue weighted by molar-refractivity contribution is -0.151. The molecule has 6 nitrogen and oxygen atoms in total. The van der Waals surface area contributed by atoms with E-state index in [0.717, 1.165) is 25.7 Å². The third kappa shape index (κ3) is 3.79. The molecule has 1 saturated carbocycles. The summed E-state index contributed by atoms with van der Waals surface area (Å²) in [5, 5.41) is 0.470. The molecule has 2 aliphatic rings. The van der Waals surface area contributed by atoms with Crippen molar-refractivity contribution in [3.05, 3.63) is 34.9 Å². The topological polar surface area (TPSA) is 89.7 Å². The number of nitrogens with zero attached hydrogens (tertiary/aromatic N) is 1. The van der Waals surface area contributed by atoms with Crippen LogP contribution in [0.4, 0.5) is 0 Å². The Hall–Kier alpha value is -2.08. The summed E-state index contributed by atoms with van der Waals surface area (Å²) in [5.74, 6) is -1.22. The minimum Gasteiger partial charge on any atom is -0.454 e. The highest BCUT2D eigenvalue weighted by atomic mass is 35.5. The third-order valence-corrected chi connectivity index (χ3v) is 5.26. The smallest absolute Gasteiger partial charge is 0.329 e. The molecule has 0 aromatic heterocycles. The van der Waals surface area contributed by atoms with Crippen LogP contribution in [0.5, 0.6) is 0 Å². The maximum atomic E-state index is 13.1. The van der Waals surface area contributed by atoms with E-state index in [1.54, 1.807) is 29.2 Å². The molecule has 3 rings (SSSR count). The first-order valence-corrected chi connectivity index (χ1v) is 8.88. The van der Waals surface area contributed by atoms with Crippen LogP contribution in [0.1, 0.15) is 42.5 Å². The SMILES string of the molecule is NC(=O)COC(=O)[C@@H]1C[C@@H]2CCCC[C@@H]2N1C(=O)c1cccc(Cl)c1. The van der Waals surface area contributed by atoms with Gasteiger partial charge in [0.1, 0.15) is 6.04 Å². The number of fused-ring (bicyclic) bond motifs is 1. The van der Waals surface area contributed by atoms with Gasteiger partial charge in [0, 0.05) is 16.6 Å². The fraction of sp³-hybridized carbons (Fsp3) is 0.500. The van der Waals surface area contributed by atoms with Crippen LogP contribution in [0.3, 0.4) is 0 Å². The van der Waals surface area contributed by atoms with Gasteiger partial charge in [-0.3, -0.25) is 9.59 Å². The molecule has 1 aliphatic heterocycles. The Morgan fingerprint density at radius 3 is 2.72 bits per heavy atom. The highest BCUT2D eigenvalue weighted by Crippen LogP contribution is 2.41. The Balaban J connectivity index is 1.86. The van der Waals surface area contributed by atoms with Crippen molar-refractivity contribution in [3.63, 3.8) is 0 Å². The van der Waals surface area contributed by atoms with E-state index in [2.05, 4.69) is 0 Å². The zero-order valence-corrected chi connectivity index (χ0v) is 14.6. The summed E-state index contributed by atoms with van der Waals surface area (Å²) in [6.45, 7) is -0.468. The molecule has 0 unspecified atom stereocenters. The predicted molar refractivity (Wildman–Crippen MR) is 91.9 cm³/mol. The van der Waals surface area contributed by atoms with Gasteiger partial charge in [0.15, 0.2) is 6.61 Å². The molecule has 0 radical (unpaired) electrons. The Morgan fingerprint density at radius 2 is 2.00 bits per heavy atom. The van der Waals surface area contributed by atoms with Crippen molar-refractivity contribution in [2.45, 2.75) is 44.2 Å². The summed E-state index contributed by atoms with van der Waals surface area (Å²) in [4.78, 5) is 38.1. The molecule has 1 saturated heterocycles. The first-order chi connectivity index (χ1) is 12.0. The zero-order valence-electron chi connectivity index (χ0n) is 13.8. The molecule has 25 heavy (non-hydrogen) atoms. The van der Waals surface area contributed by atoms with E-state index in [9.17, 15) is 14.4 Å². The predicted octanol–water partition coefficient (Wildman–Crippen LogP) is 2.14. The number of carbonyl (C=O) groups is 3. The Morgan fingerprint density at radius 1 is 1.24 bits per heavy atom. The second-order valence-electron chi connectivity index (χ2n) is 6.66. The molecule has 2 fully saturated rings. The molecule has 3 atom stereocenters. The van der Waals surface area contributed by atoms with Crippen molar-refractivity contribution in [1.82, 2.24) is 4.90 Å². The van der Waals surface area contributed by atoms with E-state index >= 15 is 0 Å². The number of amides is 2. The third-order valence-electron chi connectivity index (χ3n) is 5.02. The molecule has 2 amide bonds. The number of likely N-dealkylation sites (tertiary alicyclic amines) is 1. The monoisotopic (exact) mass is 364 g/mol. The highest BCUT2D eigenvalue weighted by molar-refractivity contribution is 6.31. The molecule has 1 aromatic rings. The molecule has 0 spiro atoms. The number of carbonyl (C=O) groups excluding carboxylic acids is 3. The summed E-state index contributed by atoms with van der Waals surface area (Å²) in [6.07, 6.45) is 4.56. The maximum Gasteiger partial charge on any atom is 0.329 e. The second-order valence-corrected chi connectivity index (χ2v) is 7.10. The number of nitrogens with two attached hydrogens (primary N) is 1. The van der Waals surface area contributed by atoms with Gasteiger partial charge in [-0.1, -0.05) is 30.5 Å². The van der Waals surface area contributed by atoms with Gasteiger partial charge in [0.05, 0.1) is 0 Å². The standard InChI is InChI=1S/C18H21ClN2O4/c19-13-6-3-5-12(8-13)17(23)21-14-7-2-1-4-11(14)9-15(21)18(24)25-10-16(20)22/h3,5-6,8,11,14-15H,1-2,4,7,9-10H2,(H2,20,22)/t11-,14-,15-/m0/s1. The van der Waals surface area contributed by atoms with Crippen molar-refractivity contribution in [2.75, 3.05) is 6.61 Å². The number of hydrogen-bond donors (Lipinski definition) is 1. The lowest BCUT2D eigenvalue weighted by Crippen LogP contribution is -2.47. The van der Waals surface area contributed by atoms with Crippen molar-refractivity contribution < 1.29 is 19.1 Å². The van der Waals surface area contributed by atoms with Crippen molar-refractivity contribution in [1.29, 1.82) is 0 Å². The van der Waals surface area contributed by atoms with E-state index in [1.165, 1.54) is 0 Å². The van der Waals surface area contributed by atoms with Gasteiger partial charge in [-0.2, -0.15) is 0 Å². The van der Waals surface area contributed by atoms with Crippen molar-refractivity contribution in [3.8, 4) is 0 Å². The van der Waals surface area contributed by atoms with Gasteiger partial charge < -0.3 is 15.4 Å². The number of ether oxygens (including phenoxy) is 1. The summed E-state index contributed by atoms with van der Waals surface area (Å²) >= 11 is 6.00. The van der Waals surface area contributed by atoms with Crippen LogP contribution >= 0.6 is 11.6 Å². The van der Waals surface area contributed by atoms with E-state index in [4.69, 9.17) is 22.1 Å². The van der Waals surface area contributed by atoms with Crippen LogP contribution in [-0.2, 0) is 14.3 Å². The molecular formula is C18H21ClN2O4. The number of rotatable bonds is 4. The molecule has 1 aliphatic carbocycles. The average Bonchev–Trinajstić information content (AvgIpc) is 2.98. The lowest BCUT2D eigenvalue weighted by atomic mass is 9.84. The fourth-order valence-electron chi connectivity index (χ4n) is 3.97. The summed E-state index contributed by atoms with van der Waals surface area (Å²) in [5.41, 5.74) is 5.50. The Labute approximate surface area is 151 Å². The fourth-order valence-corrected chi connectivity index (χ4v) is 4.16. The summed E-state index contributed by atoms with van der Waals surface area (Å²) in [6, 6.07) is 6.04. The average molecular weight is 365 g/mol. The van der Waals surface area contributed by atoms with E-state index < -0.39 is 24.5 Å². The summed E-state index contributed by atoms with van der Waals surface area (Å²) < 4.78 is 5.00. The first kappa shape index (κ1) is 17.7. The van der Waals surface area contributed by atoms with Crippen LogP contribution in [-0.4, -0.2) is 41.4 Å². The van der Waals surface area contributed by atoms with E-state index in [1.807, 2.05) is 0 Å². The molecule has 1 aromatic carbocycles. The molecule has 134 valence electrons. The largest absolute Gasteiger partial charge is 0.454 e. The van der Waals surface area contributed by atoms with Gasteiger partial charge in [-0.25, -0.2) is 4.79 Å². The minimum absolute atomic E-state index is 0.0198. The van der Waals surface area contributed by atoms with Crippen LogP contribution in [0.2, 0.25) is 5.02 Å². The first-order valence-electron chi connectivity index (χ1n) is 8.50. The number of benzene rings is 1. The van der Waals surface area contributed by atoms with Crippen LogP contribution < -0.4 is 5.73 Å². The van der Waals surface area contributed by atoms with Gasteiger partial charge in [-0.15, -0.1) is 0 Å². The van der Waals surface area contributed by atoms with Gasteiger partial charge in [0.2, 0.25) is 0 Å². The number of hydrogen-bond acceptors (Lipinski definition) is 4. The minimum atomic E-state index is -0.712. The maximum absolute atomic E-state index is 13.1. The molecule has 0 bridgehead atoms. The van der Waals surface area contributed by atoms with Crippen LogP contribution in [0.25, 0.3) is 0 Å². The number of esters is 1. The van der Waals surface area contributed by atoms with Crippen molar-refractivity contribution in [2.24, 2.45) is 11.7 Å². The van der Waals surface area contributed by atoms with Gasteiger partial charge >= 0.3 is 5.97 Å².